The summed E-state index contributed by atoms with van der Waals surface area (Å²) in [6, 6.07) is 17.1. The van der Waals surface area contributed by atoms with E-state index in [0.717, 1.165) is 40.2 Å². The molecule has 0 fully saturated rings. The van der Waals surface area contributed by atoms with E-state index in [4.69, 9.17) is 9.15 Å². The third-order valence-electron chi connectivity index (χ3n) is 5.12. The first-order valence-electron chi connectivity index (χ1n) is 9.74. The maximum Gasteiger partial charge on any atom is 0.251 e. The molecule has 2 aromatic heterocycles. The van der Waals surface area contributed by atoms with E-state index in [0.29, 0.717) is 12.1 Å². The van der Waals surface area contributed by atoms with Crippen molar-refractivity contribution in [2.45, 2.75) is 12.5 Å². The van der Waals surface area contributed by atoms with Crippen LogP contribution in [0.3, 0.4) is 0 Å². The van der Waals surface area contributed by atoms with Crippen molar-refractivity contribution in [1.82, 2.24) is 15.3 Å². The minimum absolute atomic E-state index is 0.122. The molecule has 0 saturated heterocycles. The normalized spacial score (nSPS) is 14.7. The molecular formula is C24H19N3O3. The highest BCUT2D eigenvalue weighted by Gasteiger charge is 2.26. The molecule has 0 bridgehead atoms. The summed E-state index contributed by atoms with van der Waals surface area (Å²) in [4.78, 5) is 20.9. The van der Waals surface area contributed by atoms with Gasteiger partial charge in [-0.2, -0.15) is 0 Å². The highest BCUT2D eigenvalue weighted by molar-refractivity contribution is 5.95. The molecule has 1 amide bonds. The zero-order valence-corrected chi connectivity index (χ0v) is 16.1. The summed E-state index contributed by atoms with van der Waals surface area (Å²) < 4.78 is 11.6. The number of nitrogens with one attached hydrogen (secondary N) is 1. The smallest absolute Gasteiger partial charge is 0.251 e. The molecule has 1 unspecified atom stereocenters. The van der Waals surface area contributed by atoms with Crippen molar-refractivity contribution in [3.05, 3.63) is 90.7 Å². The molecule has 5 rings (SSSR count). The third-order valence-corrected chi connectivity index (χ3v) is 5.12. The SMILES string of the molecule is O=C(NCC1Cc2cccc(-c3cncnc3)c2O1)c1cccc(-c2ccco2)c1. The largest absolute Gasteiger partial charge is 0.487 e. The molecule has 148 valence electrons. The quantitative estimate of drug-likeness (QED) is 0.548. The number of fused-ring (bicyclic) bond motifs is 1. The number of benzene rings is 2. The van der Waals surface area contributed by atoms with Gasteiger partial charge >= 0.3 is 0 Å². The minimum atomic E-state index is -0.139. The summed E-state index contributed by atoms with van der Waals surface area (Å²) in [5.74, 6) is 1.43. The molecule has 6 heteroatoms. The number of rotatable bonds is 5. The molecule has 1 aliphatic heterocycles. The van der Waals surface area contributed by atoms with Crippen molar-refractivity contribution < 1.29 is 13.9 Å². The van der Waals surface area contributed by atoms with Gasteiger partial charge in [0.15, 0.2) is 0 Å². The topological polar surface area (TPSA) is 77.2 Å². The number of ether oxygens (including phenoxy) is 1. The van der Waals surface area contributed by atoms with Crippen LogP contribution in [0.25, 0.3) is 22.5 Å². The van der Waals surface area contributed by atoms with Crippen LogP contribution in [0, 0.1) is 0 Å². The lowest BCUT2D eigenvalue weighted by Gasteiger charge is -2.13. The number of para-hydroxylation sites is 1. The van der Waals surface area contributed by atoms with Gasteiger partial charge in [0, 0.05) is 41.1 Å². The van der Waals surface area contributed by atoms with Gasteiger partial charge in [0.2, 0.25) is 0 Å². The van der Waals surface area contributed by atoms with Crippen molar-refractivity contribution in [3.63, 3.8) is 0 Å². The Morgan fingerprint density at radius 2 is 1.90 bits per heavy atom. The number of furan rings is 1. The Morgan fingerprint density at radius 3 is 2.73 bits per heavy atom. The molecule has 3 heterocycles. The van der Waals surface area contributed by atoms with Gasteiger partial charge in [-0.1, -0.05) is 30.3 Å². The number of nitrogens with zero attached hydrogens (tertiary/aromatic N) is 2. The first-order valence-corrected chi connectivity index (χ1v) is 9.74. The van der Waals surface area contributed by atoms with Crippen LogP contribution in [0.1, 0.15) is 15.9 Å². The fraction of sp³-hybridized carbons (Fsp3) is 0.125. The summed E-state index contributed by atoms with van der Waals surface area (Å²) in [5.41, 5.74) is 4.45. The monoisotopic (exact) mass is 397 g/mol. The van der Waals surface area contributed by atoms with Gasteiger partial charge in [-0.25, -0.2) is 9.97 Å². The molecular weight excluding hydrogens is 378 g/mol. The number of hydrogen-bond donors (Lipinski definition) is 1. The summed E-state index contributed by atoms with van der Waals surface area (Å²) in [6.07, 6.45) is 7.28. The van der Waals surface area contributed by atoms with Gasteiger partial charge in [0.25, 0.3) is 5.91 Å². The van der Waals surface area contributed by atoms with Crippen LogP contribution in [0.2, 0.25) is 0 Å². The van der Waals surface area contributed by atoms with Crippen molar-refractivity contribution in [2.24, 2.45) is 0 Å². The van der Waals surface area contributed by atoms with Crippen molar-refractivity contribution in [3.8, 4) is 28.2 Å². The Kier molecular flexibility index (Phi) is 4.73. The molecule has 4 aromatic rings. The lowest BCUT2D eigenvalue weighted by atomic mass is 10.0. The second-order valence-electron chi connectivity index (χ2n) is 7.13. The van der Waals surface area contributed by atoms with E-state index in [1.807, 2.05) is 42.5 Å². The molecule has 1 aliphatic rings. The highest BCUT2D eigenvalue weighted by atomic mass is 16.5. The second-order valence-corrected chi connectivity index (χ2v) is 7.13. The Labute approximate surface area is 173 Å². The lowest BCUT2D eigenvalue weighted by Crippen LogP contribution is -2.34. The van der Waals surface area contributed by atoms with Gasteiger partial charge in [-0.15, -0.1) is 0 Å². The van der Waals surface area contributed by atoms with Crippen LogP contribution < -0.4 is 10.1 Å². The van der Waals surface area contributed by atoms with Crippen LogP contribution in [0.15, 0.2) is 84.0 Å². The molecule has 1 atom stereocenters. The summed E-state index contributed by atoms with van der Waals surface area (Å²) in [6.45, 7) is 0.420. The van der Waals surface area contributed by atoms with E-state index in [1.165, 1.54) is 6.33 Å². The zero-order chi connectivity index (χ0) is 20.3. The van der Waals surface area contributed by atoms with Crippen molar-refractivity contribution in [1.29, 1.82) is 0 Å². The van der Waals surface area contributed by atoms with Crippen LogP contribution in [0.4, 0.5) is 0 Å². The van der Waals surface area contributed by atoms with Gasteiger partial charge in [-0.05, 0) is 29.8 Å². The first kappa shape index (κ1) is 18.1. The summed E-state index contributed by atoms with van der Waals surface area (Å²) in [5, 5.41) is 2.99. The lowest BCUT2D eigenvalue weighted by molar-refractivity contribution is 0.0933. The Morgan fingerprint density at radius 1 is 1.03 bits per heavy atom. The van der Waals surface area contributed by atoms with E-state index in [-0.39, 0.29) is 12.0 Å². The maximum absolute atomic E-state index is 12.7. The van der Waals surface area contributed by atoms with Crippen molar-refractivity contribution in [2.75, 3.05) is 6.54 Å². The van der Waals surface area contributed by atoms with Crippen LogP contribution >= 0.6 is 0 Å². The standard InChI is InChI=1S/C24H19N3O3/c28-24(18-6-1-4-16(10-18)22-8-3-9-29-22)27-14-20-11-17-5-2-7-21(23(17)30-20)19-12-25-15-26-13-19/h1-10,12-13,15,20H,11,14H2,(H,27,28). The van der Waals surface area contributed by atoms with Gasteiger partial charge in [0.05, 0.1) is 12.8 Å². The molecule has 0 saturated carbocycles. The summed E-state index contributed by atoms with van der Waals surface area (Å²) >= 11 is 0. The molecule has 0 spiro atoms. The second kappa shape index (κ2) is 7.83. The number of carbonyl (C=O) groups excluding carboxylic acids is 1. The molecule has 30 heavy (non-hydrogen) atoms. The average Bonchev–Trinajstić information content (AvgIpc) is 3.48. The average molecular weight is 397 g/mol. The minimum Gasteiger partial charge on any atom is -0.487 e. The van der Waals surface area contributed by atoms with E-state index < -0.39 is 0 Å². The number of hydrogen-bond acceptors (Lipinski definition) is 5. The van der Waals surface area contributed by atoms with E-state index in [2.05, 4.69) is 21.4 Å². The van der Waals surface area contributed by atoms with Crippen LogP contribution in [-0.2, 0) is 6.42 Å². The Hall–Kier alpha value is -3.93. The predicted octanol–water partition coefficient (Wildman–Crippen LogP) is 4.14. The van der Waals surface area contributed by atoms with Gasteiger partial charge in [-0.3, -0.25) is 4.79 Å². The molecule has 1 N–H and O–H groups in total. The Bertz CT molecular complexity index is 1170. The predicted molar refractivity (Wildman–Crippen MR) is 112 cm³/mol. The maximum atomic E-state index is 12.7. The van der Waals surface area contributed by atoms with Gasteiger partial charge < -0.3 is 14.5 Å². The summed E-state index contributed by atoms with van der Waals surface area (Å²) in [7, 11) is 0. The number of carbonyl (C=O) groups is 1. The first-order chi connectivity index (χ1) is 14.8. The number of aromatic nitrogens is 2. The molecule has 6 nitrogen and oxygen atoms in total. The van der Waals surface area contributed by atoms with E-state index >= 15 is 0 Å². The molecule has 0 radical (unpaired) electrons. The van der Waals surface area contributed by atoms with E-state index in [9.17, 15) is 4.79 Å². The van der Waals surface area contributed by atoms with Crippen molar-refractivity contribution >= 4 is 5.91 Å². The zero-order valence-electron chi connectivity index (χ0n) is 16.1. The van der Waals surface area contributed by atoms with Crippen LogP contribution in [0.5, 0.6) is 5.75 Å². The third kappa shape index (κ3) is 3.55. The number of amides is 1. The van der Waals surface area contributed by atoms with Gasteiger partial charge in [0.1, 0.15) is 23.9 Å². The highest BCUT2D eigenvalue weighted by Crippen LogP contribution is 2.38. The molecule has 2 aromatic carbocycles. The Balaban J connectivity index is 1.27. The van der Waals surface area contributed by atoms with E-state index in [1.54, 1.807) is 24.7 Å². The molecule has 0 aliphatic carbocycles. The fourth-order valence-electron chi connectivity index (χ4n) is 3.68. The van der Waals surface area contributed by atoms with Crippen LogP contribution in [-0.4, -0.2) is 28.5 Å². The fourth-order valence-corrected chi connectivity index (χ4v) is 3.68.